The average Bonchev–Trinajstić information content (AvgIpc) is 2.38. The molecule has 0 radical (unpaired) electrons. The van der Waals surface area contributed by atoms with Crippen LogP contribution in [-0.2, 0) is 4.74 Å². The van der Waals surface area contributed by atoms with E-state index in [9.17, 15) is 14.9 Å². The Morgan fingerprint density at radius 3 is 2.59 bits per heavy atom. The van der Waals surface area contributed by atoms with Crippen molar-refractivity contribution in [3.8, 4) is 0 Å². The van der Waals surface area contributed by atoms with Gasteiger partial charge in [-0.3, -0.25) is 10.1 Å². The Morgan fingerprint density at radius 1 is 1.45 bits per heavy atom. The highest BCUT2D eigenvalue weighted by Gasteiger charge is 2.19. The van der Waals surface area contributed by atoms with Crippen LogP contribution < -0.4 is 11.1 Å². The summed E-state index contributed by atoms with van der Waals surface area (Å²) in [5.74, 6) is -0.216. The summed E-state index contributed by atoms with van der Waals surface area (Å²) in [4.78, 5) is 22.2. The molecule has 0 saturated carbocycles. The van der Waals surface area contributed by atoms with Crippen molar-refractivity contribution in [3.05, 3.63) is 39.4 Å². The summed E-state index contributed by atoms with van der Waals surface area (Å²) in [5, 5.41) is 13.6. The molecule has 122 valence electrons. The van der Waals surface area contributed by atoms with Gasteiger partial charge in [0, 0.05) is 30.6 Å². The lowest BCUT2D eigenvalue weighted by atomic mass is 9.97. The molecule has 1 aromatic rings. The number of nitrogens with two attached hydrogens (primary N) is 1. The lowest BCUT2D eigenvalue weighted by molar-refractivity contribution is -0.385. The normalized spacial score (nSPS) is 12.6. The molecule has 0 aliphatic carbocycles. The Balaban J connectivity index is 2.78. The van der Waals surface area contributed by atoms with Crippen molar-refractivity contribution in [3.63, 3.8) is 0 Å². The first kappa shape index (κ1) is 17.9. The summed E-state index contributed by atoms with van der Waals surface area (Å²) >= 11 is 0. The number of benzene rings is 1. The molecule has 22 heavy (non-hydrogen) atoms. The fourth-order valence-electron chi connectivity index (χ4n) is 1.94. The highest BCUT2D eigenvalue weighted by Crippen LogP contribution is 2.24. The lowest BCUT2D eigenvalue weighted by Gasteiger charge is -2.21. The van der Waals surface area contributed by atoms with Crippen LogP contribution in [0.15, 0.2) is 18.2 Å². The van der Waals surface area contributed by atoms with Crippen LogP contribution in [0, 0.1) is 17.0 Å². The minimum atomic E-state index is -0.578. The summed E-state index contributed by atoms with van der Waals surface area (Å²) in [5.41, 5.74) is 6.50. The van der Waals surface area contributed by atoms with Gasteiger partial charge in [0.05, 0.1) is 4.92 Å². The zero-order valence-corrected chi connectivity index (χ0v) is 13.4. The molecule has 0 saturated heterocycles. The van der Waals surface area contributed by atoms with Gasteiger partial charge in [0.15, 0.2) is 0 Å². The Bertz CT molecular complexity index is 552. The van der Waals surface area contributed by atoms with Crippen LogP contribution in [-0.4, -0.2) is 29.7 Å². The lowest BCUT2D eigenvalue weighted by Crippen LogP contribution is -2.36. The fraction of sp³-hybridized carbons (Fsp3) is 0.533. The van der Waals surface area contributed by atoms with Crippen molar-refractivity contribution >= 4 is 11.8 Å². The molecule has 0 aliphatic heterocycles. The number of carbonyl (C=O) groups is 1. The van der Waals surface area contributed by atoms with Gasteiger partial charge in [0.2, 0.25) is 0 Å². The standard InChI is InChI=1S/C15H23N3O4/c1-10-5-6-11(7-13(10)18(20)21)12(8-16)9-17-14(19)22-15(2,3)4/h5-7,12H,8-9,16H2,1-4H3,(H,17,19). The van der Waals surface area contributed by atoms with Crippen LogP contribution in [0.3, 0.4) is 0 Å². The van der Waals surface area contributed by atoms with Gasteiger partial charge in [-0.25, -0.2) is 4.79 Å². The van der Waals surface area contributed by atoms with Gasteiger partial charge in [-0.1, -0.05) is 12.1 Å². The van der Waals surface area contributed by atoms with Crippen LogP contribution in [0.25, 0.3) is 0 Å². The van der Waals surface area contributed by atoms with E-state index in [4.69, 9.17) is 10.5 Å². The number of ether oxygens (including phenoxy) is 1. The highest BCUT2D eigenvalue weighted by atomic mass is 16.6. The molecule has 1 aromatic carbocycles. The average molecular weight is 309 g/mol. The van der Waals surface area contributed by atoms with Crippen LogP contribution in [0.1, 0.15) is 37.8 Å². The third kappa shape index (κ3) is 5.33. The molecule has 0 aliphatic rings. The minimum Gasteiger partial charge on any atom is -0.444 e. The second-order valence-corrected chi connectivity index (χ2v) is 6.12. The Labute approximate surface area is 130 Å². The monoisotopic (exact) mass is 309 g/mol. The molecule has 0 aromatic heterocycles. The van der Waals surface area contributed by atoms with E-state index in [1.54, 1.807) is 39.8 Å². The molecule has 3 N–H and O–H groups in total. The SMILES string of the molecule is Cc1ccc(C(CN)CNC(=O)OC(C)(C)C)cc1[N+](=O)[O-]. The molecule has 1 rings (SSSR count). The highest BCUT2D eigenvalue weighted by molar-refractivity contribution is 5.67. The Morgan fingerprint density at radius 2 is 2.09 bits per heavy atom. The van der Waals surface area contributed by atoms with Crippen LogP contribution >= 0.6 is 0 Å². The topological polar surface area (TPSA) is 107 Å². The number of rotatable bonds is 5. The van der Waals surface area contributed by atoms with Crippen molar-refractivity contribution in [2.45, 2.75) is 39.2 Å². The number of carbonyl (C=O) groups excluding carboxylic acids is 1. The summed E-state index contributed by atoms with van der Waals surface area (Å²) in [7, 11) is 0. The van der Waals surface area contributed by atoms with E-state index in [1.165, 1.54) is 6.07 Å². The molecule has 7 heteroatoms. The molecule has 1 atom stereocenters. The van der Waals surface area contributed by atoms with E-state index >= 15 is 0 Å². The van der Waals surface area contributed by atoms with Crippen molar-refractivity contribution < 1.29 is 14.5 Å². The molecule has 0 bridgehead atoms. The molecule has 0 heterocycles. The summed E-state index contributed by atoms with van der Waals surface area (Å²) in [6.07, 6.45) is -0.535. The van der Waals surface area contributed by atoms with E-state index in [1.807, 2.05) is 0 Å². The van der Waals surface area contributed by atoms with Gasteiger partial charge in [0.1, 0.15) is 5.60 Å². The number of nitro groups is 1. The molecule has 1 unspecified atom stereocenters. The van der Waals surface area contributed by atoms with E-state index in [2.05, 4.69) is 5.32 Å². The third-order valence-corrected chi connectivity index (χ3v) is 3.08. The second-order valence-electron chi connectivity index (χ2n) is 6.12. The maximum atomic E-state index is 11.7. The van der Waals surface area contributed by atoms with Crippen LogP contribution in [0.2, 0.25) is 0 Å². The first-order valence-electron chi connectivity index (χ1n) is 7.06. The second kappa shape index (κ2) is 7.22. The predicted molar refractivity (Wildman–Crippen MR) is 83.9 cm³/mol. The number of hydrogen-bond donors (Lipinski definition) is 2. The quantitative estimate of drug-likeness (QED) is 0.641. The number of hydrogen-bond acceptors (Lipinski definition) is 5. The fourth-order valence-corrected chi connectivity index (χ4v) is 1.94. The summed E-state index contributed by atoms with van der Waals surface area (Å²) in [6.45, 7) is 7.52. The van der Waals surface area contributed by atoms with Crippen molar-refractivity contribution in [2.75, 3.05) is 13.1 Å². The number of amides is 1. The van der Waals surface area contributed by atoms with E-state index in [0.29, 0.717) is 5.56 Å². The van der Waals surface area contributed by atoms with Crippen molar-refractivity contribution in [2.24, 2.45) is 5.73 Å². The van der Waals surface area contributed by atoms with Gasteiger partial charge >= 0.3 is 6.09 Å². The molecule has 0 spiro atoms. The molecule has 0 fully saturated rings. The number of nitrogens with one attached hydrogen (secondary N) is 1. The smallest absolute Gasteiger partial charge is 0.407 e. The van der Waals surface area contributed by atoms with Crippen LogP contribution in [0.4, 0.5) is 10.5 Å². The van der Waals surface area contributed by atoms with Gasteiger partial charge in [-0.05, 0) is 33.3 Å². The van der Waals surface area contributed by atoms with E-state index in [-0.39, 0.29) is 24.7 Å². The largest absolute Gasteiger partial charge is 0.444 e. The predicted octanol–water partition coefficient (Wildman–Crippen LogP) is 2.47. The molecular formula is C15H23N3O4. The minimum absolute atomic E-state index is 0.0493. The van der Waals surface area contributed by atoms with Crippen molar-refractivity contribution in [1.29, 1.82) is 0 Å². The Kier molecular flexibility index (Phi) is 5.87. The zero-order valence-electron chi connectivity index (χ0n) is 13.4. The molecular weight excluding hydrogens is 286 g/mol. The number of aryl methyl sites for hydroxylation is 1. The van der Waals surface area contributed by atoms with Gasteiger partial charge in [-0.15, -0.1) is 0 Å². The molecule has 7 nitrogen and oxygen atoms in total. The number of alkyl carbamates (subject to hydrolysis) is 1. The molecule has 1 amide bonds. The first-order chi connectivity index (χ1) is 10.1. The third-order valence-electron chi connectivity index (χ3n) is 3.08. The van der Waals surface area contributed by atoms with E-state index in [0.717, 1.165) is 5.56 Å². The zero-order chi connectivity index (χ0) is 16.9. The maximum Gasteiger partial charge on any atom is 0.407 e. The van der Waals surface area contributed by atoms with Gasteiger partial charge in [-0.2, -0.15) is 0 Å². The first-order valence-corrected chi connectivity index (χ1v) is 7.06. The van der Waals surface area contributed by atoms with E-state index < -0.39 is 16.6 Å². The summed E-state index contributed by atoms with van der Waals surface area (Å²) in [6, 6.07) is 4.98. The van der Waals surface area contributed by atoms with Gasteiger partial charge in [0.25, 0.3) is 5.69 Å². The maximum absolute atomic E-state index is 11.7. The number of nitro benzene ring substituents is 1. The van der Waals surface area contributed by atoms with Crippen molar-refractivity contribution in [1.82, 2.24) is 5.32 Å². The number of nitrogens with zero attached hydrogens (tertiary/aromatic N) is 1. The van der Waals surface area contributed by atoms with Gasteiger partial charge < -0.3 is 15.8 Å². The summed E-state index contributed by atoms with van der Waals surface area (Å²) < 4.78 is 5.15. The van der Waals surface area contributed by atoms with Crippen LogP contribution in [0.5, 0.6) is 0 Å². The Hall–Kier alpha value is -2.15.